The number of nitrogens with one attached hydrogen (secondary N) is 1. The van der Waals surface area contributed by atoms with Crippen LogP contribution in [0.25, 0.3) is 22.3 Å². The Morgan fingerprint density at radius 1 is 1.28 bits per heavy atom. The number of fused-ring (bicyclic) bond motifs is 1. The number of furan rings is 1. The summed E-state index contributed by atoms with van der Waals surface area (Å²) in [6, 6.07) is 11.5. The lowest BCUT2D eigenvalue weighted by Gasteiger charge is -2.37. The van der Waals surface area contributed by atoms with Gasteiger partial charge in [0.25, 0.3) is 11.8 Å². The molecule has 5 rings (SSSR count). The zero-order valence-corrected chi connectivity index (χ0v) is 19.4. The Kier molecular flexibility index (Phi) is 5.82. The molecule has 4 aromatic rings. The molecule has 0 bridgehead atoms. The van der Waals surface area contributed by atoms with Gasteiger partial charge < -0.3 is 34.6 Å². The molecule has 2 unspecified atom stereocenters. The molecule has 36 heavy (non-hydrogen) atoms. The van der Waals surface area contributed by atoms with E-state index in [-0.39, 0.29) is 24.9 Å². The van der Waals surface area contributed by atoms with Crippen molar-refractivity contribution in [2.45, 2.75) is 18.6 Å². The van der Waals surface area contributed by atoms with Crippen LogP contribution in [0.5, 0.6) is 5.88 Å². The number of carbonyl (C=O) groups is 2. The molecule has 1 aromatic carbocycles. The highest BCUT2D eigenvalue weighted by Gasteiger charge is 2.49. The first-order valence-electron chi connectivity index (χ1n) is 11.0. The predicted octanol–water partition coefficient (Wildman–Crippen LogP) is 2.20. The number of pyridine rings is 1. The summed E-state index contributed by atoms with van der Waals surface area (Å²) >= 11 is 0. The molecular formula is C24H23N5O7. The van der Waals surface area contributed by atoms with Gasteiger partial charge in [-0.3, -0.25) is 14.5 Å². The smallest absolute Gasteiger partial charge is 0.262 e. The molecular weight excluding hydrogens is 470 g/mol. The van der Waals surface area contributed by atoms with Gasteiger partial charge in [0, 0.05) is 35.6 Å². The van der Waals surface area contributed by atoms with Gasteiger partial charge in [-0.2, -0.15) is 0 Å². The number of rotatable bonds is 6. The number of benzene rings is 1. The minimum absolute atomic E-state index is 0.0856. The number of nitrogens with zero attached hydrogens (tertiary/aromatic N) is 3. The van der Waals surface area contributed by atoms with Crippen LogP contribution >= 0.6 is 0 Å². The van der Waals surface area contributed by atoms with Crippen LogP contribution < -0.4 is 20.7 Å². The largest absolute Gasteiger partial charge is 0.481 e. The lowest BCUT2D eigenvalue weighted by atomic mass is 9.95. The fourth-order valence-corrected chi connectivity index (χ4v) is 3.92. The second kappa shape index (κ2) is 8.98. The molecule has 1 saturated heterocycles. The average Bonchev–Trinajstić information content (AvgIpc) is 3.51. The number of nitrogens with two attached hydrogens (primary N) is 1. The van der Waals surface area contributed by atoms with Gasteiger partial charge in [-0.1, -0.05) is 5.16 Å². The molecule has 3 aromatic heterocycles. The third kappa shape index (κ3) is 4.12. The number of morpholine rings is 1. The maximum Gasteiger partial charge on any atom is 0.262 e. The van der Waals surface area contributed by atoms with Crippen molar-refractivity contribution in [3.63, 3.8) is 0 Å². The number of nitrogen functional groups attached to an aromatic ring is 1. The number of aromatic nitrogens is 2. The number of hydrogen-bond acceptors (Lipinski definition) is 10. The molecule has 1 aliphatic heterocycles. The summed E-state index contributed by atoms with van der Waals surface area (Å²) < 4.78 is 21.7. The first kappa shape index (κ1) is 23.3. The summed E-state index contributed by atoms with van der Waals surface area (Å²) in [4.78, 5) is 31.7. The fourth-order valence-electron chi connectivity index (χ4n) is 3.92. The molecule has 1 aliphatic rings. The van der Waals surface area contributed by atoms with Crippen LogP contribution in [0.3, 0.4) is 0 Å². The minimum atomic E-state index is -2.20. The highest BCUT2D eigenvalue weighted by atomic mass is 16.5. The Balaban J connectivity index is 1.33. The third-order valence-electron chi connectivity index (χ3n) is 5.90. The zero-order valence-electron chi connectivity index (χ0n) is 19.4. The van der Waals surface area contributed by atoms with Gasteiger partial charge in [-0.15, -0.1) is 0 Å². The number of amides is 2. The van der Waals surface area contributed by atoms with E-state index in [1.165, 1.54) is 25.0 Å². The summed E-state index contributed by atoms with van der Waals surface area (Å²) in [5.74, 6) is -0.0639. The van der Waals surface area contributed by atoms with E-state index in [0.29, 0.717) is 33.9 Å². The molecule has 4 heterocycles. The first-order chi connectivity index (χ1) is 17.3. The summed E-state index contributed by atoms with van der Waals surface area (Å²) in [6.07, 6.45) is 0.113. The standard InChI is InChI=1S/C24H23N5O7/c1-24(32,23(31)27-14-3-4-15-17(12-14)36-28-21(15)25)20-22(30)29(9-10-34-20)19-6-5-16(35-19)13-7-8-26-18(11-13)33-2/h3-8,11-12,20,32H,9-10H2,1-2H3,(H2,25,28)(H,27,31). The van der Waals surface area contributed by atoms with Crippen molar-refractivity contribution in [1.82, 2.24) is 10.1 Å². The van der Waals surface area contributed by atoms with Crippen molar-refractivity contribution in [3.8, 4) is 17.2 Å². The van der Waals surface area contributed by atoms with Crippen molar-refractivity contribution in [2.75, 3.05) is 36.2 Å². The number of anilines is 3. The summed E-state index contributed by atoms with van der Waals surface area (Å²) in [5, 5.41) is 17.9. The maximum atomic E-state index is 13.3. The van der Waals surface area contributed by atoms with E-state index >= 15 is 0 Å². The molecule has 0 aliphatic carbocycles. The van der Waals surface area contributed by atoms with Gasteiger partial charge >= 0.3 is 0 Å². The second-order valence-corrected chi connectivity index (χ2v) is 8.35. The topological polar surface area (TPSA) is 166 Å². The molecule has 12 heteroatoms. The molecule has 186 valence electrons. The highest BCUT2D eigenvalue weighted by Crippen LogP contribution is 2.32. The van der Waals surface area contributed by atoms with E-state index in [9.17, 15) is 14.7 Å². The van der Waals surface area contributed by atoms with Crippen LogP contribution in [-0.2, 0) is 14.3 Å². The molecule has 2 atom stereocenters. The average molecular weight is 493 g/mol. The van der Waals surface area contributed by atoms with Crippen LogP contribution in [0.1, 0.15) is 6.92 Å². The lowest BCUT2D eigenvalue weighted by molar-refractivity contribution is -0.165. The van der Waals surface area contributed by atoms with Gasteiger partial charge in [0.2, 0.25) is 11.8 Å². The van der Waals surface area contributed by atoms with Gasteiger partial charge in [0.15, 0.2) is 23.1 Å². The number of hydrogen-bond donors (Lipinski definition) is 3. The molecule has 4 N–H and O–H groups in total. The van der Waals surface area contributed by atoms with Crippen molar-refractivity contribution < 1.29 is 33.1 Å². The number of ether oxygens (including phenoxy) is 2. The van der Waals surface area contributed by atoms with Crippen molar-refractivity contribution in [1.29, 1.82) is 0 Å². The van der Waals surface area contributed by atoms with Crippen molar-refractivity contribution in [2.24, 2.45) is 0 Å². The third-order valence-corrected chi connectivity index (χ3v) is 5.90. The summed E-state index contributed by atoms with van der Waals surface area (Å²) in [7, 11) is 1.51. The van der Waals surface area contributed by atoms with Gasteiger partial charge in [0.05, 0.1) is 25.6 Å². The van der Waals surface area contributed by atoms with Crippen LogP contribution in [-0.4, -0.2) is 59.0 Å². The molecule has 1 fully saturated rings. The predicted molar refractivity (Wildman–Crippen MR) is 128 cm³/mol. The van der Waals surface area contributed by atoms with Crippen LogP contribution in [0.15, 0.2) is 57.6 Å². The Labute approximate surface area is 204 Å². The van der Waals surface area contributed by atoms with E-state index < -0.39 is 23.5 Å². The van der Waals surface area contributed by atoms with Gasteiger partial charge in [0.1, 0.15) is 5.76 Å². The molecule has 0 spiro atoms. The van der Waals surface area contributed by atoms with E-state index in [4.69, 9.17) is 24.1 Å². The Bertz CT molecular complexity index is 1440. The van der Waals surface area contributed by atoms with E-state index in [1.54, 1.807) is 42.6 Å². The summed E-state index contributed by atoms with van der Waals surface area (Å²) in [5.41, 5.74) is 4.92. The minimum Gasteiger partial charge on any atom is -0.481 e. The Morgan fingerprint density at radius 3 is 2.92 bits per heavy atom. The van der Waals surface area contributed by atoms with Crippen LogP contribution in [0.2, 0.25) is 0 Å². The van der Waals surface area contributed by atoms with Gasteiger partial charge in [-0.05, 0) is 31.2 Å². The van der Waals surface area contributed by atoms with Crippen molar-refractivity contribution >= 4 is 40.2 Å². The van der Waals surface area contributed by atoms with Crippen molar-refractivity contribution in [3.05, 3.63) is 48.7 Å². The molecule has 0 saturated carbocycles. The molecule has 0 radical (unpaired) electrons. The Morgan fingerprint density at radius 2 is 2.11 bits per heavy atom. The monoisotopic (exact) mass is 493 g/mol. The van der Waals surface area contributed by atoms with Crippen LogP contribution in [0, 0.1) is 0 Å². The second-order valence-electron chi connectivity index (χ2n) is 8.35. The Hall–Kier alpha value is -4.42. The van der Waals surface area contributed by atoms with E-state index in [1.807, 2.05) is 0 Å². The normalized spacial score (nSPS) is 17.7. The SMILES string of the molecule is COc1cc(-c2ccc(N3CCOC(C(C)(O)C(=O)Nc4ccc5c(N)noc5c4)C3=O)o2)ccn1. The van der Waals surface area contributed by atoms with Gasteiger partial charge in [-0.25, -0.2) is 4.98 Å². The quantitative estimate of drug-likeness (QED) is 0.362. The maximum absolute atomic E-state index is 13.3. The molecule has 12 nitrogen and oxygen atoms in total. The van der Waals surface area contributed by atoms with E-state index in [2.05, 4.69) is 15.5 Å². The first-order valence-corrected chi connectivity index (χ1v) is 11.0. The molecule has 2 amide bonds. The summed E-state index contributed by atoms with van der Waals surface area (Å²) in [6.45, 7) is 1.49. The van der Waals surface area contributed by atoms with Crippen LogP contribution in [0.4, 0.5) is 17.4 Å². The highest BCUT2D eigenvalue weighted by molar-refractivity contribution is 6.06. The number of aliphatic hydroxyl groups is 1. The lowest BCUT2D eigenvalue weighted by Crippen LogP contribution is -2.61. The van der Waals surface area contributed by atoms with E-state index in [0.717, 1.165) is 0 Å². The zero-order chi connectivity index (χ0) is 25.4. The number of carbonyl (C=O) groups excluding carboxylic acids is 2. The fraction of sp³-hybridized carbons (Fsp3) is 0.250. The number of methoxy groups -OCH3 is 1.